The Morgan fingerprint density at radius 3 is 2.48 bits per heavy atom. The van der Waals surface area contributed by atoms with Gasteiger partial charge < -0.3 is 10.2 Å². The van der Waals surface area contributed by atoms with E-state index in [1.165, 1.54) is 6.33 Å². The van der Waals surface area contributed by atoms with Crippen LogP contribution in [0.25, 0.3) is 0 Å². The molecule has 0 saturated carbocycles. The minimum atomic E-state index is 0.543. The minimum absolute atomic E-state index is 0.543. The number of nitrogens with two attached hydrogens (primary N) is 1. The van der Waals surface area contributed by atoms with Crippen molar-refractivity contribution in [2.75, 3.05) is 5.43 Å². The lowest BCUT2D eigenvalue weighted by Gasteiger charge is -2.14. The molecule has 21 heavy (non-hydrogen) atoms. The van der Waals surface area contributed by atoms with Gasteiger partial charge in [0.05, 0.1) is 5.56 Å². The van der Waals surface area contributed by atoms with E-state index in [4.69, 9.17) is 10.6 Å². The summed E-state index contributed by atoms with van der Waals surface area (Å²) in [4.78, 5) is 8.37. The second-order valence-electron chi connectivity index (χ2n) is 4.87. The van der Waals surface area contributed by atoms with Crippen LogP contribution in [-0.4, -0.2) is 9.97 Å². The van der Waals surface area contributed by atoms with Gasteiger partial charge in [0.2, 0.25) is 5.88 Å². The largest absolute Gasteiger partial charge is 0.439 e. The van der Waals surface area contributed by atoms with Gasteiger partial charge in [0.1, 0.15) is 17.9 Å². The van der Waals surface area contributed by atoms with Crippen molar-refractivity contribution in [2.24, 2.45) is 5.84 Å². The van der Waals surface area contributed by atoms with Gasteiger partial charge in [-0.05, 0) is 43.5 Å². The van der Waals surface area contributed by atoms with Crippen molar-refractivity contribution >= 4 is 21.7 Å². The van der Waals surface area contributed by atoms with Gasteiger partial charge in [0.15, 0.2) is 0 Å². The zero-order valence-corrected chi connectivity index (χ0v) is 14.0. The molecule has 0 aliphatic rings. The fraction of sp³-hybridized carbons (Fsp3) is 0.333. The van der Waals surface area contributed by atoms with Crippen LogP contribution in [-0.2, 0) is 6.42 Å². The quantitative estimate of drug-likeness (QED) is 0.632. The summed E-state index contributed by atoms with van der Waals surface area (Å²) in [6.07, 6.45) is 3.20. The van der Waals surface area contributed by atoms with E-state index in [1.807, 2.05) is 26.0 Å². The number of rotatable bonds is 5. The van der Waals surface area contributed by atoms with Crippen molar-refractivity contribution in [2.45, 2.75) is 33.6 Å². The molecular formula is C15H19BrN4O. The number of nitrogens with one attached hydrogen (secondary N) is 1. The third-order valence-corrected chi connectivity index (χ3v) is 4.42. The highest BCUT2D eigenvalue weighted by atomic mass is 79.9. The summed E-state index contributed by atoms with van der Waals surface area (Å²) in [7, 11) is 0. The van der Waals surface area contributed by atoms with Gasteiger partial charge in [-0.3, -0.25) is 0 Å². The maximum absolute atomic E-state index is 5.95. The fourth-order valence-corrected chi connectivity index (χ4v) is 2.39. The van der Waals surface area contributed by atoms with Crippen molar-refractivity contribution in [3.05, 3.63) is 39.6 Å². The minimum Gasteiger partial charge on any atom is -0.439 e. The van der Waals surface area contributed by atoms with Crippen LogP contribution in [0.2, 0.25) is 0 Å². The molecule has 1 aromatic carbocycles. The molecule has 1 aromatic heterocycles. The van der Waals surface area contributed by atoms with E-state index >= 15 is 0 Å². The van der Waals surface area contributed by atoms with Crippen LogP contribution in [0.3, 0.4) is 0 Å². The summed E-state index contributed by atoms with van der Waals surface area (Å²) in [5.41, 5.74) is 5.73. The molecule has 0 bridgehead atoms. The Labute approximate surface area is 133 Å². The second kappa shape index (κ2) is 6.87. The summed E-state index contributed by atoms with van der Waals surface area (Å²) in [6, 6.07) is 3.95. The number of hydrogen-bond acceptors (Lipinski definition) is 5. The van der Waals surface area contributed by atoms with Crippen LogP contribution in [0.15, 0.2) is 22.9 Å². The van der Waals surface area contributed by atoms with Crippen LogP contribution >= 0.6 is 15.9 Å². The Balaban J connectivity index is 2.39. The molecule has 6 heteroatoms. The summed E-state index contributed by atoms with van der Waals surface area (Å²) >= 11 is 3.55. The third-order valence-electron chi connectivity index (χ3n) is 3.17. The normalized spacial score (nSPS) is 10.5. The summed E-state index contributed by atoms with van der Waals surface area (Å²) in [5.74, 6) is 7.41. The average Bonchev–Trinajstić information content (AvgIpc) is 2.46. The summed E-state index contributed by atoms with van der Waals surface area (Å²) in [6.45, 7) is 6.15. The van der Waals surface area contributed by atoms with Crippen molar-refractivity contribution in [3.63, 3.8) is 0 Å². The molecule has 2 rings (SSSR count). The zero-order chi connectivity index (χ0) is 15.4. The first kappa shape index (κ1) is 15.7. The average molecular weight is 351 g/mol. The molecule has 0 spiro atoms. The maximum atomic E-state index is 5.95. The third kappa shape index (κ3) is 3.51. The van der Waals surface area contributed by atoms with E-state index in [9.17, 15) is 0 Å². The van der Waals surface area contributed by atoms with Crippen LogP contribution < -0.4 is 16.0 Å². The fourth-order valence-electron chi connectivity index (χ4n) is 2.16. The van der Waals surface area contributed by atoms with E-state index < -0.39 is 0 Å². The number of hydrazine groups is 1. The number of hydrogen-bond donors (Lipinski definition) is 2. The first-order valence-corrected chi connectivity index (χ1v) is 7.61. The zero-order valence-electron chi connectivity index (χ0n) is 12.4. The number of aromatic nitrogens is 2. The first-order valence-electron chi connectivity index (χ1n) is 6.81. The molecule has 112 valence electrons. The number of aryl methyl sites for hydroxylation is 2. The van der Waals surface area contributed by atoms with Crippen LogP contribution in [0.4, 0.5) is 5.82 Å². The standard InChI is InChI=1S/C15H19BrN4O/c1-4-5-12-14(20-17)18-8-19-15(12)21-11-6-9(2)13(16)10(3)7-11/h6-8H,4-5,17H2,1-3H3,(H,18,19,20). The monoisotopic (exact) mass is 350 g/mol. The maximum Gasteiger partial charge on any atom is 0.227 e. The van der Waals surface area contributed by atoms with Gasteiger partial charge >= 0.3 is 0 Å². The Morgan fingerprint density at radius 2 is 1.90 bits per heavy atom. The highest BCUT2D eigenvalue weighted by Crippen LogP contribution is 2.31. The summed E-state index contributed by atoms with van der Waals surface area (Å²) < 4.78 is 7.05. The van der Waals surface area contributed by atoms with E-state index in [-0.39, 0.29) is 0 Å². The van der Waals surface area contributed by atoms with Gasteiger partial charge in [0.25, 0.3) is 0 Å². The number of halogens is 1. The Bertz CT molecular complexity index is 623. The number of ether oxygens (including phenoxy) is 1. The molecule has 3 N–H and O–H groups in total. The van der Waals surface area contributed by atoms with E-state index in [1.54, 1.807) is 0 Å². The lowest BCUT2D eigenvalue weighted by molar-refractivity contribution is 0.453. The molecule has 0 fully saturated rings. The molecule has 0 atom stereocenters. The smallest absolute Gasteiger partial charge is 0.227 e. The molecule has 0 saturated heterocycles. The highest BCUT2D eigenvalue weighted by molar-refractivity contribution is 9.10. The predicted octanol–water partition coefficient (Wildman–Crippen LogP) is 3.89. The van der Waals surface area contributed by atoms with Gasteiger partial charge in [-0.2, -0.15) is 0 Å². The van der Waals surface area contributed by atoms with Crippen LogP contribution in [0.5, 0.6) is 11.6 Å². The molecule has 0 radical (unpaired) electrons. The molecule has 0 unspecified atom stereocenters. The van der Waals surface area contributed by atoms with Crippen molar-refractivity contribution in [1.29, 1.82) is 0 Å². The number of nitrogens with zero attached hydrogens (tertiary/aromatic N) is 2. The SMILES string of the molecule is CCCc1c(NN)ncnc1Oc1cc(C)c(Br)c(C)c1. The van der Waals surface area contributed by atoms with E-state index in [0.717, 1.165) is 39.8 Å². The molecular weight excluding hydrogens is 332 g/mol. The van der Waals surface area contributed by atoms with Crippen molar-refractivity contribution < 1.29 is 4.74 Å². The molecule has 0 aliphatic carbocycles. The number of anilines is 1. The summed E-state index contributed by atoms with van der Waals surface area (Å²) in [5, 5.41) is 0. The van der Waals surface area contributed by atoms with Crippen molar-refractivity contribution in [1.82, 2.24) is 9.97 Å². The molecule has 5 nitrogen and oxygen atoms in total. The topological polar surface area (TPSA) is 73.1 Å². The highest BCUT2D eigenvalue weighted by Gasteiger charge is 2.13. The molecule has 0 aliphatic heterocycles. The second-order valence-corrected chi connectivity index (χ2v) is 5.67. The van der Waals surface area contributed by atoms with Crippen LogP contribution in [0, 0.1) is 13.8 Å². The van der Waals surface area contributed by atoms with Gasteiger partial charge in [-0.25, -0.2) is 15.8 Å². The number of nitrogen functional groups attached to an aromatic ring is 1. The van der Waals surface area contributed by atoms with Gasteiger partial charge in [-0.15, -0.1) is 0 Å². The van der Waals surface area contributed by atoms with E-state index in [0.29, 0.717) is 11.7 Å². The first-order chi connectivity index (χ1) is 10.1. The predicted molar refractivity (Wildman–Crippen MR) is 87.5 cm³/mol. The van der Waals surface area contributed by atoms with Gasteiger partial charge in [-0.1, -0.05) is 29.3 Å². The Kier molecular flexibility index (Phi) is 5.14. The molecule has 2 aromatic rings. The number of benzene rings is 1. The van der Waals surface area contributed by atoms with E-state index in [2.05, 4.69) is 38.2 Å². The molecule has 0 amide bonds. The lowest BCUT2D eigenvalue weighted by atomic mass is 10.1. The Morgan fingerprint density at radius 1 is 1.24 bits per heavy atom. The Hall–Kier alpha value is -1.66. The van der Waals surface area contributed by atoms with Gasteiger partial charge in [0, 0.05) is 4.47 Å². The lowest BCUT2D eigenvalue weighted by Crippen LogP contribution is -2.12. The van der Waals surface area contributed by atoms with Crippen molar-refractivity contribution in [3.8, 4) is 11.6 Å². The molecule has 1 heterocycles. The van der Waals surface area contributed by atoms with Crippen LogP contribution in [0.1, 0.15) is 30.0 Å².